The third kappa shape index (κ3) is 4.17. The monoisotopic (exact) mass is 220 g/mol. The molecule has 0 unspecified atom stereocenters. The second kappa shape index (κ2) is 7.20. The van der Waals surface area contributed by atoms with Crippen molar-refractivity contribution in [3.8, 4) is 0 Å². The Morgan fingerprint density at radius 1 is 1.19 bits per heavy atom. The highest BCUT2D eigenvalue weighted by Crippen LogP contribution is 2.17. The van der Waals surface area contributed by atoms with E-state index in [0.717, 1.165) is 24.8 Å². The molecule has 88 valence electrons. The molecule has 0 aliphatic rings. The number of rotatable bonds is 6. The van der Waals surface area contributed by atoms with Crippen LogP contribution in [-0.2, 0) is 0 Å². The van der Waals surface area contributed by atoms with E-state index in [-0.39, 0.29) is 0 Å². The molecular weight excluding hydrogens is 200 g/mol. The molecule has 0 bridgehead atoms. The molecule has 0 aliphatic carbocycles. The molecule has 2 nitrogen and oxygen atoms in total. The van der Waals surface area contributed by atoms with Crippen molar-refractivity contribution in [2.45, 2.75) is 38.4 Å². The standard InChI is InChI=1S/C14H20O2/c1-2-3-4-8-11-13(15)14(16)12-9-6-5-7-10-12/h5-11,13-16H,2-4H2,1H3/b11-8+/t13-,14-/m0/s1. The van der Waals surface area contributed by atoms with Gasteiger partial charge in [-0.15, -0.1) is 0 Å². The van der Waals surface area contributed by atoms with Crippen LogP contribution < -0.4 is 0 Å². The Kier molecular flexibility index (Phi) is 5.83. The Balaban J connectivity index is 2.48. The van der Waals surface area contributed by atoms with Crippen molar-refractivity contribution >= 4 is 0 Å². The zero-order valence-corrected chi connectivity index (χ0v) is 9.71. The molecule has 2 N–H and O–H groups in total. The van der Waals surface area contributed by atoms with Crippen LogP contribution in [0.2, 0.25) is 0 Å². The second-order valence-electron chi connectivity index (χ2n) is 3.92. The summed E-state index contributed by atoms with van der Waals surface area (Å²) in [6, 6.07) is 9.22. The Morgan fingerprint density at radius 2 is 1.88 bits per heavy atom. The van der Waals surface area contributed by atoms with Crippen LogP contribution in [0.3, 0.4) is 0 Å². The van der Waals surface area contributed by atoms with Gasteiger partial charge in [0.15, 0.2) is 0 Å². The average Bonchev–Trinajstić information content (AvgIpc) is 2.34. The van der Waals surface area contributed by atoms with Gasteiger partial charge in [-0.2, -0.15) is 0 Å². The third-order valence-electron chi connectivity index (χ3n) is 2.52. The molecule has 0 amide bonds. The van der Waals surface area contributed by atoms with E-state index in [1.165, 1.54) is 0 Å². The van der Waals surface area contributed by atoms with E-state index < -0.39 is 12.2 Å². The topological polar surface area (TPSA) is 40.5 Å². The highest BCUT2D eigenvalue weighted by atomic mass is 16.3. The third-order valence-corrected chi connectivity index (χ3v) is 2.52. The largest absolute Gasteiger partial charge is 0.386 e. The van der Waals surface area contributed by atoms with Crippen molar-refractivity contribution in [2.75, 3.05) is 0 Å². The Morgan fingerprint density at radius 3 is 2.50 bits per heavy atom. The van der Waals surface area contributed by atoms with Gasteiger partial charge in [0.1, 0.15) is 12.2 Å². The average molecular weight is 220 g/mol. The minimum Gasteiger partial charge on any atom is -0.386 e. The summed E-state index contributed by atoms with van der Waals surface area (Å²) in [6.45, 7) is 2.13. The summed E-state index contributed by atoms with van der Waals surface area (Å²) in [5.74, 6) is 0. The maximum absolute atomic E-state index is 9.84. The van der Waals surface area contributed by atoms with Crippen molar-refractivity contribution in [3.05, 3.63) is 48.0 Å². The molecule has 0 saturated heterocycles. The van der Waals surface area contributed by atoms with Gasteiger partial charge in [0, 0.05) is 0 Å². The number of unbranched alkanes of at least 4 members (excludes halogenated alkanes) is 2. The number of benzene rings is 1. The summed E-state index contributed by atoms with van der Waals surface area (Å²) in [5, 5.41) is 19.6. The first-order valence-electron chi connectivity index (χ1n) is 5.83. The number of allylic oxidation sites excluding steroid dienone is 1. The summed E-state index contributed by atoms with van der Waals surface area (Å²) in [4.78, 5) is 0. The Hall–Kier alpha value is -1.12. The molecule has 0 fully saturated rings. The summed E-state index contributed by atoms with van der Waals surface area (Å²) < 4.78 is 0. The molecule has 0 saturated carbocycles. The first-order valence-corrected chi connectivity index (χ1v) is 5.83. The van der Waals surface area contributed by atoms with Gasteiger partial charge in [-0.25, -0.2) is 0 Å². The highest BCUT2D eigenvalue weighted by Gasteiger charge is 2.14. The zero-order chi connectivity index (χ0) is 11.8. The summed E-state index contributed by atoms with van der Waals surface area (Å²) in [6.07, 6.45) is 5.16. The van der Waals surface area contributed by atoms with Crippen LogP contribution in [0.4, 0.5) is 0 Å². The molecule has 0 aromatic heterocycles. The first-order chi connectivity index (χ1) is 7.75. The Bertz CT molecular complexity index is 306. The smallest absolute Gasteiger partial charge is 0.108 e. The van der Waals surface area contributed by atoms with Crippen LogP contribution in [0.25, 0.3) is 0 Å². The van der Waals surface area contributed by atoms with E-state index in [2.05, 4.69) is 6.92 Å². The molecule has 1 rings (SSSR count). The minimum absolute atomic E-state index is 0.746. The molecule has 0 heterocycles. The number of aliphatic hydroxyl groups is 2. The number of aliphatic hydroxyl groups excluding tert-OH is 2. The molecule has 1 aromatic rings. The molecule has 0 radical (unpaired) electrons. The van der Waals surface area contributed by atoms with Gasteiger partial charge >= 0.3 is 0 Å². The lowest BCUT2D eigenvalue weighted by Gasteiger charge is -2.14. The van der Waals surface area contributed by atoms with E-state index in [1.807, 2.05) is 36.4 Å². The van der Waals surface area contributed by atoms with Crippen LogP contribution in [0.15, 0.2) is 42.5 Å². The van der Waals surface area contributed by atoms with Gasteiger partial charge in [-0.1, -0.05) is 62.2 Å². The lowest BCUT2D eigenvalue weighted by Crippen LogP contribution is -2.15. The van der Waals surface area contributed by atoms with Crippen molar-refractivity contribution in [1.29, 1.82) is 0 Å². The van der Waals surface area contributed by atoms with E-state index >= 15 is 0 Å². The lowest BCUT2D eigenvalue weighted by molar-refractivity contribution is 0.0481. The van der Waals surface area contributed by atoms with Crippen LogP contribution >= 0.6 is 0 Å². The fourth-order valence-electron chi connectivity index (χ4n) is 1.51. The predicted molar refractivity (Wildman–Crippen MR) is 66.1 cm³/mol. The quantitative estimate of drug-likeness (QED) is 0.571. The van der Waals surface area contributed by atoms with Crippen molar-refractivity contribution in [3.63, 3.8) is 0 Å². The van der Waals surface area contributed by atoms with Gasteiger partial charge in [-0.05, 0) is 12.0 Å². The first kappa shape index (κ1) is 12.9. The van der Waals surface area contributed by atoms with Crippen molar-refractivity contribution < 1.29 is 10.2 Å². The molecule has 16 heavy (non-hydrogen) atoms. The SMILES string of the molecule is CCCC/C=C/[C@H](O)[C@@H](O)c1ccccc1. The molecule has 2 atom stereocenters. The Labute approximate surface area is 97.2 Å². The van der Waals surface area contributed by atoms with Gasteiger partial charge in [0.05, 0.1) is 0 Å². The minimum atomic E-state index is -0.834. The zero-order valence-electron chi connectivity index (χ0n) is 9.71. The van der Waals surface area contributed by atoms with E-state index in [9.17, 15) is 10.2 Å². The molecular formula is C14H20O2. The van der Waals surface area contributed by atoms with Crippen LogP contribution in [0.1, 0.15) is 37.9 Å². The van der Waals surface area contributed by atoms with E-state index in [4.69, 9.17) is 0 Å². The predicted octanol–water partition coefficient (Wildman–Crippen LogP) is 2.83. The summed E-state index contributed by atoms with van der Waals surface area (Å²) in [7, 11) is 0. The van der Waals surface area contributed by atoms with E-state index in [1.54, 1.807) is 6.08 Å². The lowest BCUT2D eigenvalue weighted by atomic mass is 10.0. The van der Waals surface area contributed by atoms with Crippen LogP contribution in [0.5, 0.6) is 0 Å². The fourth-order valence-corrected chi connectivity index (χ4v) is 1.51. The second-order valence-corrected chi connectivity index (χ2v) is 3.92. The van der Waals surface area contributed by atoms with Crippen molar-refractivity contribution in [1.82, 2.24) is 0 Å². The molecule has 2 heteroatoms. The fraction of sp³-hybridized carbons (Fsp3) is 0.429. The van der Waals surface area contributed by atoms with Gasteiger partial charge < -0.3 is 10.2 Å². The van der Waals surface area contributed by atoms with Crippen molar-refractivity contribution in [2.24, 2.45) is 0 Å². The van der Waals surface area contributed by atoms with E-state index in [0.29, 0.717) is 0 Å². The number of hydrogen-bond donors (Lipinski definition) is 2. The molecule has 0 spiro atoms. The molecule has 0 aliphatic heterocycles. The van der Waals surface area contributed by atoms with Crippen LogP contribution in [0, 0.1) is 0 Å². The maximum atomic E-state index is 9.84. The maximum Gasteiger partial charge on any atom is 0.108 e. The van der Waals surface area contributed by atoms with Crippen LogP contribution in [-0.4, -0.2) is 16.3 Å². The number of hydrogen-bond acceptors (Lipinski definition) is 2. The molecule has 1 aromatic carbocycles. The van der Waals surface area contributed by atoms with Gasteiger partial charge in [-0.3, -0.25) is 0 Å². The summed E-state index contributed by atoms with van der Waals surface area (Å²) in [5.41, 5.74) is 0.746. The highest BCUT2D eigenvalue weighted by molar-refractivity contribution is 5.19. The van der Waals surface area contributed by atoms with Gasteiger partial charge in [0.2, 0.25) is 0 Å². The summed E-state index contributed by atoms with van der Waals surface area (Å²) >= 11 is 0. The normalized spacial score (nSPS) is 15.2. The van der Waals surface area contributed by atoms with Gasteiger partial charge in [0.25, 0.3) is 0 Å².